The van der Waals surface area contributed by atoms with Crippen molar-refractivity contribution < 1.29 is 9.59 Å². The number of nitrogens with zero attached hydrogens (tertiary/aromatic N) is 1. The summed E-state index contributed by atoms with van der Waals surface area (Å²) in [5.74, 6) is 0.349. The summed E-state index contributed by atoms with van der Waals surface area (Å²) in [6.45, 7) is 4.63. The molecule has 96 valence electrons. The third kappa shape index (κ3) is 2.30. The van der Waals surface area contributed by atoms with E-state index in [0.29, 0.717) is 12.8 Å². The Morgan fingerprint density at radius 2 is 2.06 bits per heavy atom. The molecule has 0 spiro atoms. The van der Waals surface area contributed by atoms with Gasteiger partial charge < -0.3 is 4.90 Å². The summed E-state index contributed by atoms with van der Waals surface area (Å²) in [6.07, 6.45) is 2.85. The van der Waals surface area contributed by atoms with Gasteiger partial charge in [-0.1, -0.05) is 13.8 Å². The third-order valence-corrected chi connectivity index (χ3v) is 3.38. The van der Waals surface area contributed by atoms with Gasteiger partial charge in [0.25, 0.3) is 0 Å². The number of Topliss-reactive ketones (excluding diaryl/α,β-unsaturated/α-hetero) is 1. The number of carbonyl (C=O) groups is 2. The molecule has 0 radical (unpaired) electrons. The van der Waals surface area contributed by atoms with Gasteiger partial charge in [-0.3, -0.25) is 9.59 Å². The van der Waals surface area contributed by atoms with E-state index in [2.05, 4.69) is 0 Å². The summed E-state index contributed by atoms with van der Waals surface area (Å²) in [5.41, 5.74) is 2.88. The average Bonchev–Trinajstić information content (AvgIpc) is 2.80. The molecule has 0 atom stereocenters. The zero-order chi connectivity index (χ0) is 13.1. The molecule has 0 fully saturated rings. The maximum absolute atomic E-state index is 11.9. The minimum absolute atomic E-state index is 0.163. The van der Waals surface area contributed by atoms with E-state index in [-0.39, 0.29) is 11.7 Å². The molecule has 1 aromatic carbocycles. The van der Waals surface area contributed by atoms with Crippen LogP contribution in [0.1, 0.15) is 49.0 Å². The summed E-state index contributed by atoms with van der Waals surface area (Å²) in [7, 11) is 0. The van der Waals surface area contributed by atoms with Crippen molar-refractivity contribution in [3.63, 3.8) is 0 Å². The topological polar surface area (TPSA) is 37.4 Å². The second-order valence-corrected chi connectivity index (χ2v) is 4.67. The molecule has 3 nitrogen and oxygen atoms in total. The first-order valence-electron chi connectivity index (χ1n) is 6.63. The van der Waals surface area contributed by atoms with Gasteiger partial charge in [-0.25, -0.2) is 0 Å². The summed E-state index contributed by atoms with van der Waals surface area (Å²) in [6, 6.07) is 5.70. The van der Waals surface area contributed by atoms with Crippen LogP contribution in [0.3, 0.4) is 0 Å². The van der Waals surface area contributed by atoms with Crippen LogP contribution in [0.2, 0.25) is 0 Å². The van der Waals surface area contributed by atoms with Crippen LogP contribution in [0.15, 0.2) is 18.2 Å². The Hall–Kier alpha value is -1.64. The van der Waals surface area contributed by atoms with Gasteiger partial charge >= 0.3 is 0 Å². The van der Waals surface area contributed by atoms with E-state index < -0.39 is 0 Å². The van der Waals surface area contributed by atoms with Crippen LogP contribution < -0.4 is 4.90 Å². The lowest BCUT2D eigenvalue weighted by Gasteiger charge is -2.17. The number of amides is 1. The van der Waals surface area contributed by atoms with E-state index in [1.165, 1.54) is 0 Å². The molecule has 18 heavy (non-hydrogen) atoms. The van der Waals surface area contributed by atoms with Crippen LogP contribution in [-0.4, -0.2) is 18.2 Å². The average molecular weight is 245 g/mol. The number of carbonyl (C=O) groups excluding carboxylic acids is 2. The lowest BCUT2D eigenvalue weighted by Crippen LogP contribution is -2.28. The molecule has 0 N–H and O–H groups in total. The van der Waals surface area contributed by atoms with E-state index in [9.17, 15) is 9.59 Å². The van der Waals surface area contributed by atoms with Gasteiger partial charge in [0.1, 0.15) is 0 Å². The normalized spacial score (nSPS) is 13.6. The van der Waals surface area contributed by atoms with Gasteiger partial charge in [-0.2, -0.15) is 0 Å². The van der Waals surface area contributed by atoms with Crippen LogP contribution in [0.25, 0.3) is 0 Å². The predicted molar refractivity (Wildman–Crippen MR) is 72.0 cm³/mol. The van der Waals surface area contributed by atoms with Gasteiger partial charge in [-0.05, 0) is 36.6 Å². The number of ketones is 1. The maximum Gasteiger partial charge on any atom is 0.226 e. The van der Waals surface area contributed by atoms with Crippen LogP contribution >= 0.6 is 0 Å². The molecule has 0 aromatic heterocycles. The molecule has 0 unspecified atom stereocenters. The molecule has 1 aromatic rings. The van der Waals surface area contributed by atoms with Crippen molar-refractivity contribution in [1.29, 1.82) is 0 Å². The van der Waals surface area contributed by atoms with E-state index in [4.69, 9.17) is 0 Å². The molecule has 3 heteroatoms. The highest BCUT2D eigenvalue weighted by Gasteiger charge is 2.24. The second kappa shape index (κ2) is 5.34. The molecule has 1 heterocycles. The molecule has 0 bridgehead atoms. The lowest BCUT2D eigenvalue weighted by molar-refractivity contribution is -0.118. The first kappa shape index (κ1) is 12.8. The summed E-state index contributed by atoms with van der Waals surface area (Å²) in [5, 5.41) is 0. The SMILES string of the molecule is CCCC(=O)N1CCc2cc(C(=O)CC)ccc21. The van der Waals surface area contributed by atoms with Gasteiger partial charge in [0.15, 0.2) is 5.78 Å². The number of rotatable bonds is 4. The summed E-state index contributed by atoms with van der Waals surface area (Å²) >= 11 is 0. The molecule has 0 saturated carbocycles. The van der Waals surface area contributed by atoms with Crippen molar-refractivity contribution in [1.82, 2.24) is 0 Å². The van der Waals surface area contributed by atoms with Gasteiger partial charge in [0, 0.05) is 30.6 Å². The molecule has 0 aliphatic carbocycles. The zero-order valence-electron chi connectivity index (χ0n) is 11.0. The monoisotopic (exact) mass is 245 g/mol. The highest BCUT2D eigenvalue weighted by Crippen LogP contribution is 2.29. The highest BCUT2D eigenvalue weighted by atomic mass is 16.2. The Morgan fingerprint density at radius 3 is 2.72 bits per heavy atom. The molecule has 1 aliphatic heterocycles. The van der Waals surface area contributed by atoms with Crippen molar-refractivity contribution in [3.8, 4) is 0 Å². The third-order valence-electron chi connectivity index (χ3n) is 3.38. The van der Waals surface area contributed by atoms with Gasteiger partial charge in [-0.15, -0.1) is 0 Å². The Balaban J connectivity index is 2.25. The Labute approximate surface area is 108 Å². The van der Waals surface area contributed by atoms with Crippen molar-refractivity contribution >= 4 is 17.4 Å². The fraction of sp³-hybridized carbons (Fsp3) is 0.467. The van der Waals surface area contributed by atoms with Crippen molar-refractivity contribution in [3.05, 3.63) is 29.3 Å². The Kier molecular flexibility index (Phi) is 3.80. The minimum Gasteiger partial charge on any atom is -0.312 e. The van der Waals surface area contributed by atoms with Gasteiger partial charge in [0.2, 0.25) is 5.91 Å². The molecular formula is C15H19NO2. The molecule has 0 saturated heterocycles. The number of anilines is 1. The number of benzene rings is 1. The number of hydrogen-bond donors (Lipinski definition) is 0. The van der Waals surface area contributed by atoms with E-state index >= 15 is 0 Å². The Morgan fingerprint density at radius 1 is 1.28 bits per heavy atom. The highest BCUT2D eigenvalue weighted by molar-refractivity contribution is 5.99. The van der Waals surface area contributed by atoms with E-state index in [0.717, 1.165) is 36.2 Å². The number of fused-ring (bicyclic) bond motifs is 1. The molecule has 1 amide bonds. The largest absolute Gasteiger partial charge is 0.312 e. The number of hydrogen-bond acceptors (Lipinski definition) is 2. The quantitative estimate of drug-likeness (QED) is 0.765. The standard InChI is InChI=1S/C15H19NO2/c1-3-5-15(18)16-9-8-11-10-12(14(17)4-2)6-7-13(11)16/h6-7,10H,3-5,8-9H2,1-2H3. The summed E-state index contributed by atoms with van der Waals surface area (Å²) < 4.78 is 0. The van der Waals surface area contributed by atoms with Crippen molar-refractivity contribution in [2.75, 3.05) is 11.4 Å². The maximum atomic E-state index is 11.9. The lowest BCUT2D eigenvalue weighted by atomic mass is 10.0. The van der Waals surface area contributed by atoms with Gasteiger partial charge in [0.05, 0.1) is 0 Å². The minimum atomic E-state index is 0.163. The first-order valence-corrected chi connectivity index (χ1v) is 6.63. The van der Waals surface area contributed by atoms with Crippen LogP contribution in [0.4, 0.5) is 5.69 Å². The van der Waals surface area contributed by atoms with Crippen molar-refractivity contribution in [2.45, 2.75) is 39.5 Å². The zero-order valence-corrected chi connectivity index (χ0v) is 11.0. The van der Waals surface area contributed by atoms with E-state index in [1.807, 2.05) is 36.9 Å². The Bertz CT molecular complexity index is 479. The molecule has 2 rings (SSSR count). The molecule has 1 aliphatic rings. The fourth-order valence-corrected chi connectivity index (χ4v) is 2.39. The molecular weight excluding hydrogens is 226 g/mol. The summed E-state index contributed by atoms with van der Waals surface area (Å²) in [4.78, 5) is 25.4. The van der Waals surface area contributed by atoms with Crippen LogP contribution in [-0.2, 0) is 11.2 Å². The second-order valence-electron chi connectivity index (χ2n) is 4.67. The predicted octanol–water partition coefficient (Wildman–Crippen LogP) is 2.97. The smallest absolute Gasteiger partial charge is 0.226 e. The van der Waals surface area contributed by atoms with Crippen LogP contribution in [0, 0.1) is 0 Å². The van der Waals surface area contributed by atoms with Crippen molar-refractivity contribution in [2.24, 2.45) is 0 Å². The first-order chi connectivity index (χ1) is 8.67. The van der Waals surface area contributed by atoms with Crippen LogP contribution in [0.5, 0.6) is 0 Å². The fourth-order valence-electron chi connectivity index (χ4n) is 2.39. The van der Waals surface area contributed by atoms with E-state index in [1.54, 1.807) is 0 Å².